The molecule has 0 saturated carbocycles. The molecular formula is C16H14Br2OTe. The van der Waals surface area contributed by atoms with Crippen LogP contribution in [0, 0.1) is 0 Å². The normalized spacial score (nSPS) is 12.6. The van der Waals surface area contributed by atoms with Crippen molar-refractivity contribution in [1.29, 1.82) is 0 Å². The predicted octanol–water partition coefficient (Wildman–Crippen LogP) is 4.65. The molecule has 104 valence electrons. The molecule has 2 aromatic rings. The second-order valence-corrected chi connectivity index (χ2v) is 32.9. The monoisotopic (exact) mass is 510 g/mol. The zero-order chi connectivity index (χ0) is 14.6. The molecule has 4 heteroatoms. The molecule has 0 aliphatic heterocycles. The Bertz CT molecular complexity index is 630. The summed E-state index contributed by atoms with van der Waals surface area (Å²) in [6.07, 6.45) is 3.54. The van der Waals surface area contributed by atoms with E-state index in [0.717, 1.165) is 5.56 Å². The first kappa shape index (κ1) is 16.0. The number of allylic oxidation sites excluding steroid dienone is 1. The summed E-state index contributed by atoms with van der Waals surface area (Å²) in [6.45, 7) is 0. The SMILES string of the molecule is C[Te](Br)(Br)c1ccccc1/C=C/C(=O)c1ccccc1. The van der Waals surface area contributed by atoms with Gasteiger partial charge in [-0.05, 0) is 0 Å². The van der Waals surface area contributed by atoms with Gasteiger partial charge >= 0.3 is 136 Å². The molecule has 0 aliphatic rings. The predicted molar refractivity (Wildman–Crippen MR) is 95.4 cm³/mol. The van der Waals surface area contributed by atoms with E-state index in [-0.39, 0.29) is 5.78 Å². The van der Waals surface area contributed by atoms with Crippen molar-refractivity contribution in [2.45, 2.75) is 4.97 Å². The van der Waals surface area contributed by atoms with E-state index in [9.17, 15) is 4.79 Å². The third-order valence-electron chi connectivity index (χ3n) is 2.78. The third-order valence-corrected chi connectivity index (χ3v) is 10.7. The molecule has 0 N–H and O–H groups in total. The molecule has 0 fully saturated rings. The Balaban J connectivity index is 2.27. The zero-order valence-electron chi connectivity index (χ0n) is 10.9. The standard InChI is InChI=1S/C16H14Br2OTe/c1-20(17,18)16-10-6-5-9-14(16)11-12-15(19)13-7-3-2-4-8-13/h2-12H,1H3/b12-11+. The third kappa shape index (κ3) is 4.30. The van der Waals surface area contributed by atoms with Crippen LogP contribution in [-0.4, -0.2) is 19.5 Å². The van der Waals surface area contributed by atoms with Gasteiger partial charge in [0, 0.05) is 0 Å². The van der Waals surface area contributed by atoms with E-state index in [1.54, 1.807) is 6.08 Å². The first-order valence-electron chi connectivity index (χ1n) is 6.02. The Labute approximate surface area is 135 Å². The number of carbonyl (C=O) groups excluding carboxylic acids is 1. The molecule has 0 amide bonds. The summed E-state index contributed by atoms with van der Waals surface area (Å²) in [7, 11) is 0. The van der Waals surface area contributed by atoms with Gasteiger partial charge in [-0.1, -0.05) is 0 Å². The van der Waals surface area contributed by atoms with E-state index in [1.165, 1.54) is 3.61 Å². The Morgan fingerprint density at radius 3 is 2.25 bits per heavy atom. The summed E-state index contributed by atoms with van der Waals surface area (Å²) >= 11 is 5.25. The molecule has 2 aromatic carbocycles. The van der Waals surface area contributed by atoms with Crippen molar-refractivity contribution < 1.29 is 4.79 Å². The Kier molecular flexibility index (Phi) is 5.63. The number of hydrogen-bond acceptors (Lipinski definition) is 1. The van der Waals surface area contributed by atoms with Crippen LogP contribution >= 0.6 is 25.5 Å². The van der Waals surface area contributed by atoms with E-state index in [1.807, 2.05) is 54.6 Å². The molecular weight excluding hydrogens is 496 g/mol. The summed E-state index contributed by atoms with van der Waals surface area (Å²) < 4.78 is 1.27. The van der Waals surface area contributed by atoms with Crippen LogP contribution in [0.3, 0.4) is 0 Å². The molecule has 0 aliphatic carbocycles. The molecule has 0 heterocycles. The quantitative estimate of drug-likeness (QED) is 0.333. The van der Waals surface area contributed by atoms with Crippen molar-refractivity contribution in [1.82, 2.24) is 0 Å². The van der Waals surface area contributed by atoms with Gasteiger partial charge in [0.25, 0.3) is 0 Å². The van der Waals surface area contributed by atoms with Crippen LogP contribution in [-0.2, 0) is 0 Å². The molecule has 0 radical (unpaired) electrons. The van der Waals surface area contributed by atoms with Crippen molar-refractivity contribution in [3.8, 4) is 0 Å². The van der Waals surface area contributed by atoms with Crippen LogP contribution in [0.4, 0.5) is 0 Å². The van der Waals surface area contributed by atoms with Gasteiger partial charge in [-0.2, -0.15) is 0 Å². The number of ketones is 1. The topological polar surface area (TPSA) is 17.1 Å². The van der Waals surface area contributed by atoms with Crippen molar-refractivity contribution >= 4 is 54.7 Å². The Morgan fingerprint density at radius 2 is 1.60 bits per heavy atom. The zero-order valence-corrected chi connectivity index (χ0v) is 16.4. The molecule has 20 heavy (non-hydrogen) atoms. The van der Waals surface area contributed by atoms with Crippen LogP contribution < -0.4 is 3.61 Å². The second kappa shape index (κ2) is 7.04. The van der Waals surface area contributed by atoms with Gasteiger partial charge in [0.05, 0.1) is 0 Å². The summed E-state index contributed by atoms with van der Waals surface area (Å²) in [4.78, 5) is 14.3. The molecule has 2 rings (SSSR count). The van der Waals surface area contributed by atoms with Crippen molar-refractivity contribution in [3.05, 3.63) is 71.8 Å². The van der Waals surface area contributed by atoms with Gasteiger partial charge in [-0.3, -0.25) is 0 Å². The molecule has 0 spiro atoms. The van der Waals surface area contributed by atoms with Crippen molar-refractivity contribution in [2.24, 2.45) is 0 Å². The van der Waals surface area contributed by atoms with Gasteiger partial charge in [-0.15, -0.1) is 0 Å². The van der Waals surface area contributed by atoms with Crippen LogP contribution in [0.25, 0.3) is 6.08 Å². The summed E-state index contributed by atoms with van der Waals surface area (Å²) in [5, 5.41) is 0. The Morgan fingerprint density at radius 1 is 1.00 bits per heavy atom. The van der Waals surface area contributed by atoms with Crippen LogP contribution in [0.15, 0.2) is 60.7 Å². The molecule has 0 unspecified atom stereocenters. The van der Waals surface area contributed by atoms with Crippen LogP contribution in [0.5, 0.6) is 0 Å². The molecule has 0 aromatic heterocycles. The van der Waals surface area contributed by atoms with Gasteiger partial charge < -0.3 is 0 Å². The van der Waals surface area contributed by atoms with Crippen LogP contribution in [0.2, 0.25) is 4.97 Å². The number of benzene rings is 2. The van der Waals surface area contributed by atoms with Crippen molar-refractivity contribution in [3.63, 3.8) is 0 Å². The number of rotatable bonds is 4. The van der Waals surface area contributed by atoms with E-state index >= 15 is 0 Å². The van der Waals surface area contributed by atoms with Crippen molar-refractivity contribution in [2.75, 3.05) is 0 Å². The Hall–Kier alpha value is -0.400. The molecule has 0 saturated heterocycles. The van der Waals surface area contributed by atoms with Crippen LogP contribution in [0.1, 0.15) is 15.9 Å². The fourth-order valence-electron chi connectivity index (χ4n) is 1.81. The summed E-state index contributed by atoms with van der Waals surface area (Å²) in [5.41, 5.74) is 1.80. The fraction of sp³-hybridized carbons (Fsp3) is 0.0625. The summed E-state index contributed by atoms with van der Waals surface area (Å²) in [6, 6.07) is 17.5. The van der Waals surface area contributed by atoms with E-state index in [0.29, 0.717) is 5.56 Å². The maximum atomic E-state index is 12.1. The number of hydrogen-bond donors (Lipinski definition) is 0. The molecule has 0 bridgehead atoms. The number of halogens is 2. The summed E-state index contributed by atoms with van der Waals surface area (Å²) in [5.74, 6) is 0.0269. The minimum atomic E-state index is -2.30. The second-order valence-electron chi connectivity index (χ2n) is 4.33. The maximum absolute atomic E-state index is 12.1. The van der Waals surface area contributed by atoms with Gasteiger partial charge in [0.1, 0.15) is 0 Å². The molecule has 1 nitrogen and oxygen atoms in total. The molecule has 0 atom stereocenters. The van der Waals surface area contributed by atoms with Gasteiger partial charge in [0.2, 0.25) is 0 Å². The first-order chi connectivity index (χ1) is 9.48. The van der Waals surface area contributed by atoms with Gasteiger partial charge in [-0.25, -0.2) is 0 Å². The van der Waals surface area contributed by atoms with E-state index in [4.69, 9.17) is 0 Å². The van der Waals surface area contributed by atoms with Gasteiger partial charge in [0.15, 0.2) is 0 Å². The minimum absolute atomic E-state index is 0.0269. The van der Waals surface area contributed by atoms with E-state index in [2.05, 4.69) is 36.5 Å². The number of carbonyl (C=O) groups is 1. The average molecular weight is 510 g/mol. The fourth-order valence-corrected chi connectivity index (χ4v) is 8.24. The average Bonchev–Trinajstić information content (AvgIpc) is 2.45. The first-order valence-corrected chi connectivity index (χ1v) is 20.0. The van der Waals surface area contributed by atoms with E-state index < -0.39 is 13.8 Å².